The lowest BCUT2D eigenvalue weighted by Crippen LogP contribution is -2.17. The minimum atomic E-state index is -0.256. The summed E-state index contributed by atoms with van der Waals surface area (Å²) in [5.74, 6) is -0.256. The van der Waals surface area contributed by atoms with Crippen LogP contribution in [0.15, 0.2) is 46.7 Å². The molecule has 2 aromatic rings. The molecule has 0 saturated carbocycles. The molecule has 5 heteroatoms. The quantitative estimate of drug-likeness (QED) is 0.862. The molecule has 1 atom stereocenters. The van der Waals surface area contributed by atoms with Crippen molar-refractivity contribution >= 4 is 11.8 Å². The largest absolute Gasteiger partial charge is 0.328 e. The molecule has 0 bridgehead atoms. The highest BCUT2D eigenvalue weighted by atomic mass is 32.2. The van der Waals surface area contributed by atoms with Gasteiger partial charge in [0.1, 0.15) is 5.82 Å². The average Bonchev–Trinajstić information content (AvgIpc) is 2.31. The van der Waals surface area contributed by atoms with E-state index in [-0.39, 0.29) is 11.9 Å². The molecule has 0 aliphatic carbocycles. The van der Waals surface area contributed by atoms with E-state index in [0.29, 0.717) is 5.16 Å². The third-order valence-electron chi connectivity index (χ3n) is 2.24. The molecule has 0 spiro atoms. The summed E-state index contributed by atoms with van der Waals surface area (Å²) in [5, 5.41) is 0.606. The first-order chi connectivity index (χ1) is 8.63. The van der Waals surface area contributed by atoms with E-state index in [0.717, 1.165) is 16.9 Å². The lowest BCUT2D eigenvalue weighted by Gasteiger charge is -2.05. The zero-order valence-corrected chi connectivity index (χ0v) is 10.8. The monoisotopic (exact) mass is 263 g/mol. The molecule has 0 saturated heterocycles. The van der Waals surface area contributed by atoms with Crippen LogP contribution in [-0.2, 0) is 6.42 Å². The Morgan fingerprint density at radius 2 is 2.06 bits per heavy atom. The van der Waals surface area contributed by atoms with E-state index < -0.39 is 0 Å². The summed E-state index contributed by atoms with van der Waals surface area (Å²) < 4.78 is 13.0. The van der Waals surface area contributed by atoms with Crippen molar-refractivity contribution in [1.29, 1.82) is 0 Å². The minimum Gasteiger partial charge on any atom is -0.328 e. The lowest BCUT2D eigenvalue weighted by molar-refractivity contribution is 0.624. The number of nitrogens with zero attached hydrogens (tertiary/aromatic N) is 2. The van der Waals surface area contributed by atoms with Crippen LogP contribution in [0.3, 0.4) is 0 Å². The van der Waals surface area contributed by atoms with E-state index in [4.69, 9.17) is 5.73 Å². The summed E-state index contributed by atoms with van der Waals surface area (Å²) in [7, 11) is 0. The van der Waals surface area contributed by atoms with Crippen LogP contribution in [0.4, 0.5) is 4.39 Å². The fraction of sp³-hybridized carbons (Fsp3) is 0.231. The molecule has 0 amide bonds. The van der Waals surface area contributed by atoms with Gasteiger partial charge in [-0.3, -0.25) is 0 Å². The number of aromatic nitrogens is 2. The zero-order chi connectivity index (χ0) is 13.0. The number of benzene rings is 1. The van der Waals surface area contributed by atoms with E-state index in [2.05, 4.69) is 9.97 Å². The molecule has 0 aliphatic rings. The second kappa shape index (κ2) is 5.93. The molecule has 0 radical (unpaired) electrons. The summed E-state index contributed by atoms with van der Waals surface area (Å²) in [6.45, 7) is 1.94. The maximum Gasteiger partial charge on any atom is 0.192 e. The van der Waals surface area contributed by atoms with E-state index in [1.54, 1.807) is 18.5 Å². The molecular formula is C13H14FN3S. The van der Waals surface area contributed by atoms with Crippen LogP contribution in [0, 0.1) is 5.82 Å². The Morgan fingerprint density at radius 1 is 1.33 bits per heavy atom. The van der Waals surface area contributed by atoms with Crippen molar-refractivity contribution in [2.24, 2.45) is 5.73 Å². The number of nitrogens with two attached hydrogens (primary N) is 1. The van der Waals surface area contributed by atoms with Crippen LogP contribution < -0.4 is 5.73 Å². The summed E-state index contributed by atoms with van der Waals surface area (Å²) in [5.41, 5.74) is 6.71. The molecule has 2 rings (SSSR count). The standard InChI is InChI=1S/C13H14FN3S/c1-9(15)5-10-7-16-13(17-8-10)18-12-4-2-3-11(14)6-12/h2-4,6-9H,5,15H2,1H3. The van der Waals surface area contributed by atoms with Gasteiger partial charge in [0.2, 0.25) is 0 Å². The topological polar surface area (TPSA) is 51.8 Å². The summed E-state index contributed by atoms with van der Waals surface area (Å²) >= 11 is 1.34. The van der Waals surface area contributed by atoms with Gasteiger partial charge in [-0.2, -0.15) is 0 Å². The highest BCUT2D eigenvalue weighted by Gasteiger charge is 2.03. The van der Waals surface area contributed by atoms with Gasteiger partial charge in [-0.25, -0.2) is 14.4 Å². The Balaban J connectivity index is 2.06. The Labute approximate surface area is 110 Å². The zero-order valence-electron chi connectivity index (χ0n) is 10.0. The summed E-state index contributed by atoms with van der Waals surface area (Å²) in [6, 6.07) is 6.46. The lowest BCUT2D eigenvalue weighted by atomic mass is 10.1. The van der Waals surface area contributed by atoms with Gasteiger partial charge in [0.25, 0.3) is 0 Å². The summed E-state index contributed by atoms with van der Waals surface area (Å²) in [6.07, 6.45) is 4.28. The Bertz CT molecular complexity index is 514. The smallest absolute Gasteiger partial charge is 0.192 e. The SMILES string of the molecule is CC(N)Cc1cnc(Sc2cccc(F)c2)nc1. The second-order valence-corrected chi connectivity index (χ2v) is 5.16. The Morgan fingerprint density at radius 3 is 2.67 bits per heavy atom. The van der Waals surface area contributed by atoms with E-state index in [1.165, 1.54) is 23.9 Å². The highest BCUT2D eigenvalue weighted by molar-refractivity contribution is 7.99. The van der Waals surface area contributed by atoms with Crippen molar-refractivity contribution in [1.82, 2.24) is 9.97 Å². The first-order valence-corrected chi connectivity index (χ1v) is 6.45. The van der Waals surface area contributed by atoms with Crippen molar-refractivity contribution < 1.29 is 4.39 Å². The fourth-order valence-corrected chi connectivity index (χ4v) is 2.25. The van der Waals surface area contributed by atoms with Crippen LogP contribution in [0.1, 0.15) is 12.5 Å². The van der Waals surface area contributed by atoms with E-state index in [1.807, 2.05) is 13.0 Å². The van der Waals surface area contributed by atoms with Gasteiger partial charge in [-0.15, -0.1) is 0 Å². The van der Waals surface area contributed by atoms with Crippen molar-refractivity contribution in [2.45, 2.75) is 29.4 Å². The van der Waals surface area contributed by atoms with Gasteiger partial charge in [-0.1, -0.05) is 6.07 Å². The third-order valence-corrected chi connectivity index (χ3v) is 3.13. The molecule has 0 aliphatic heterocycles. The highest BCUT2D eigenvalue weighted by Crippen LogP contribution is 2.24. The second-order valence-electron chi connectivity index (χ2n) is 4.11. The van der Waals surface area contributed by atoms with Crippen molar-refractivity contribution in [2.75, 3.05) is 0 Å². The number of hydrogen-bond donors (Lipinski definition) is 1. The van der Waals surface area contributed by atoms with Crippen LogP contribution >= 0.6 is 11.8 Å². The first kappa shape index (κ1) is 13.0. The number of hydrogen-bond acceptors (Lipinski definition) is 4. The minimum absolute atomic E-state index is 0.0929. The third kappa shape index (κ3) is 3.78. The van der Waals surface area contributed by atoms with Gasteiger partial charge < -0.3 is 5.73 Å². The van der Waals surface area contributed by atoms with Crippen molar-refractivity contribution in [3.63, 3.8) is 0 Å². The number of halogens is 1. The molecule has 18 heavy (non-hydrogen) atoms. The van der Waals surface area contributed by atoms with E-state index in [9.17, 15) is 4.39 Å². The molecule has 1 unspecified atom stereocenters. The maximum absolute atomic E-state index is 13.0. The Hall–Kier alpha value is -1.46. The van der Waals surface area contributed by atoms with Gasteiger partial charge in [0.05, 0.1) is 0 Å². The fourth-order valence-electron chi connectivity index (χ4n) is 1.51. The normalized spacial score (nSPS) is 12.4. The van der Waals surface area contributed by atoms with Crippen molar-refractivity contribution in [3.8, 4) is 0 Å². The molecule has 2 N–H and O–H groups in total. The van der Waals surface area contributed by atoms with Crippen molar-refractivity contribution in [3.05, 3.63) is 48.0 Å². The van der Waals surface area contributed by atoms with Crippen LogP contribution in [0.2, 0.25) is 0 Å². The van der Waals surface area contributed by atoms with Crippen LogP contribution in [0.25, 0.3) is 0 Å². The van der Waals surface area contributed by atoms with E-state index >= 15 is 0 Å². The Kier molecular flexibility index (Phi) is 4.28. The molecule has 3 nitrogen and oxygen atoms in total. The van der Waals surface area contributed by atoms with Gasteiger partial charge in [-0.05, 0) is 48.9 Å². The van der Waals surface area contributed by atoms with Crippen LogP contribution in [-0.4, -0.2) is 16.0 Å². The maximum atomic E-state index is 13.0. The molecule has 1 heterocycles. The molecule has 94 valence electrons. The first-order valence-electron chi connectivity index (χ1n) is 5.63. The molecular weight excluding hydrogens is 249 g/mol. The van der Waals surface area contributed by atoms with Gasteiger partial charge >= 0.3 is 0 Å². The molecule has 0 fully saturated rings. The average molecular weight is 263 g/mol. The van der Waals surface area contributed by atoms with Gasteiger partial charge in [0, 0.05) is 23.3 Å². The predicted octanol–water partition coefficient (Wildman–Crippen LogP) is 2.66. The predicted molar refractivity (Wildman–Crippen MR) is 69.9 cm³/mol. The van der Waals surface area contributed by atoms with Gasteiger partial charge in [0.15, 0.2) is 5.16 Å². The molecule has 1 aromatic carbocycles. The summed E-state index contributed by atoms with van der Waals surface area (Å²) in [4.78, 5) is 9.25. The number of rotatable bonds is 4. The molecule has 1 aromatic heterocycles. The van der Waals surface area contributed by atoms with Crippen LogP contribution in [0.5, 0.6) is 0 Å².